The Morgan fingerprint density at radius 3 is 2.55 bits per heavy atom. The van der Waals surface area contributed by atoms with E-state index < -0.39 is 0 Å². The van der Waals surface area contributed by atoms with Crippen LogP contribution in [-0.4, -0.2) is 18.0 Å². The summed E-state index contributed by atoms with van der Waals surface area (Å²) in [6, 6.07) is 8.91. The summed E-state index contributed by atoms with van der Waals surface area (Å²) in [6.45, 7) is 9.78. The Kier molecular flexibility index (Phi) is 6.73. The molecule has 0 amide bonds. The normalized spacial score (nSPS) is 11.3. The molecule has 2 heterocycles. The summed E-state index contributed by atoms with van der Waals surface area (Å²) >= 11 is 3.79. The molecule has 2 aromatic rings. The molecule has 110 valence electrons. The van der Waals surface area contributed by atoms with E-state index in [2.05, 4.69) is 53.7 Å². The first-order valence-electron chi connectivity index (χ1n) is 7.34. The van der Waals surface area contributed by atoms with Gasteiger partial charge in [0.15, 0.2) is 0 Å². The Bertz CT molecular complexity index is 476. The maximum Gasteiger partial charge on any atom is 0.0331 e. The first kappa shape index (κ1) is 15.7. The third kappa shape index (κ3) is 5.02. The van der Waals surface area contributed by atoms with Gasteiger partial charge in [0.2, 0.25) is 0 Å². The average molecular weight is 309 g/mol. The lowest BCUT2D eigenvalue weighted by Crippen LogP contribution is -2.21. The molecule has 4 heteroatoms. The van der Waals surface area contributed by atoms with E-state index in [1.165, 1.54) is 21.1 Å². The van der Waals surface area contributed by atoms with Gasteiger partial charge in [-0.05, 0) is 43.1 Å². The molecule has 2 aromatic heterocycles. The van der Waals surface area contributed by atoms with E-state index in [9.17, 15) is 0 Å². The molecule has 0 unspecified atom stereocenters. The molecule has 0 spiro atoms. The summed E-state index contributed by atoms with van der Waals surface area (Å²) in [5, 5.41) is 5.63. The third-order valence-corrected chi connectivity index (χ3v) is 5.16. The van der Waals surface area contributed by atoms with Crippen molar-refractivity contribution in [2.24, 2.45) is 0 Å². The van der Waals surface area contributed by atoms with Crippen molar-refractivity contribution in [3.8, 4) is 0 Å². The van der Waals surface area contributed by atoms with Crippen LogP contribution in [-0.2, 0) is 19.6 Å². The summed E-state index contributed by atoms with van der Waals surface area (Å²) < 4.78 is 0. The lowest BCUT2D eigenvalue weighted by atomic mass is 10.3. The number of nitrogens with one attached hydrogen (secondary N) is 1. The standard InChI is InChI=1S/C16H24N2S2/c1-3-9-17-11-14-7-8-16(20-14)13-18(4-2)12-15-6-5-10-19-15/h5-8,10,17H,3-4,9,11-13H2,1-2H3. The molecular formula is C16H24N2S2. The molecule has 0 aliphatic carbocycles. The van der Waals surface area contributed by atoms with Gasteiger partial charge in [-0.3, -0.25) is 4.90 Å². The van der Waals surface area contributed by atoms with Gasteiger partial charge in [-0.25, -0.2) is 0 Å². The summed E-state index contributed by atoms with van der Waals surface area (Å²) in [5.74, 6) is 0. The van der Waals surface area contributed by atoms with Gasteiger partial charge < -0.3 is 5.32 Å². The second-order valence-corrected chi connectivity index (χ2v) is 7.21. The molecule has 0 aliphatic rings. The van der Waals surface area contributed by atoms with Crippen molar-refractivity contribution in [2.45, 2.75) is 39.9 Å². The van der Waals surface area contributed by atoms with Crippen LogP contribution in [0.15, 0.2) is 29.6 Å². The first-order valence-corrected chi connectivity index (χ1v) is 9.04. The number of thiophene rings is 2. The predicted molar refractivity (Wildman–Crippen MR) is 90.4 cm³/mol. The van der Waals surface area contributed by atoms with Gasteiger partial charge in [0.05, 0.1) is 0 Å². The summed E-state index contributed by atoms with van der Waals surface area (Å²) in [7, 11) is 0. The van der Waals surface area contributed by atoms with Crippen LogP contribution < -0.4 is 5.32 Å². The van der Waals surface area contributed by atoms with Crippen molar-refractivity contribution in [1.82, 2.24) is 10.2 Å². The smallest absolute Gasteiger partial charge is 0.0331 e. The molecule has 0 saturated carbocycles. The Morgan fingerprint density at radius 1 is 1.05 bits per heavy atom. The Balaban J connectivity index is 1.84. The van der Waals surface area contributed by atoms with Gasteiger partial charge in [0.1, 0.15) is 0 Å². The molecule has 0 atom stereocenters. The number of rotatable bonds is 9. The van der Waals surface area contributed by atoms with Crippen LogP contribution in [0.5, 0.6) is 0 Å². The van der Waals surface area contributed by atoms with Gasteiger partial charge in [-0.2, -0.15) is 0 Å². The largest absolute Gasteiger partial charge is 0.312 e. The van der Waals surface area contributed by atoms with Crippen molar-refractivity contribution < 1.29 is 0 Å². The van der Waals surface area contributed by atoms with E-state index in [4.69, 9.17) is 0 Å². The van der Waals surface area contributed by atoms with Gasteiger partial charge in [0, 0.05) is 34.3 Å². The minimum Gasteiger partial charge on any atom is -0.312 e. The highest BCUT2D eigenvalue weighted by Gasteiger charge is 2.07. The van der Waals surface area contributed by atoms with Gasteiger partial charge in [-0.1, -0.05) is 19.9 Å². The molecular weight excluding hydrogens is 284 g/mol. The zero-order valence-electron chi connectivity index (χ0n) is 12.4. The van der Waals surface area contributed by atoms with Crippen molar-refractivity contribution in [1.29, 1.82) is 0 Å². The lowest BCUT2D eigenvalue weighted by molar-refractivity contribution is 0.276. The SMILES string of the molecule is CCCNCc1ccc(CN(CC)Cc2cccs2)s1. The quantitative estimate of drug-likeness (QED) is 0.694. The summed E-state index contributed by atoms with van der Waals surface area (Å²) in [6.07, 6.45) is 1.20. The van der Waals surface area contributed by atoms with Crippen LogP contribution in [0.1, 0.15) is 34.9 Å². The van der Waals surface area contributed by atoms with E-state index in [0.29, 0.717) is 0 Å². The minimum absolute atomic E-state index is 1.01. The summed E-state index contributed by atoms with van der Waals surface area (Å²) in [5.41, 5.74) is 0. The molecule has 20 heavy (non-hydrogen) atoms. The van der Waals surface area contributed by atoms with Crippen molar-refractivity contribution in [2.75, 3.05) is 13.1 Å². The maximum absolute atomic E-state index is 3.47. The maximum atomic E-state index is 3.47. The van der Waals surface area contributed by atoms with Crippen LogP contribution in [0.25, 0.3) is 0 Å². The van der Waals surface area contributed by atoms with Gasteiger partial charge in [-0.15, -0.1) is 22.7 Å². The molecule has 0 bridgehead atoms. The fraction of sp³-hybridized carbons (Fsp3) is 0.500. The fourth-order valence-electron chi connectivity index (χ4n) is 2.11. The molecule has 2 nitrogen and oxygen atoms in total. The second-order valence-electron chi connectivity index (χ2n) is 4.93. The second kappa shape index (κ2) is 8.57. The molecule has 1 N–H and O–H groups in total. The Labute approximate surface area is 130 Å². The van der Waals surface area contributed by atoms with Crippen molar-refractivity contribution in [3.05, 3.63) is 44.3 Å². The molecule has 0 aliphatic heterocycles. The van der Waals surface area contributed by atoms with E-state index >= 15 is 0 Å². The number of hydrogen-bond donors (Lipinski definition) is 1. The Hall–Kier alpha value is -0.680. The lowest BCUT2D eigenvalue weighted by Gasteiger charge is -2.18. The van der Waals surface area contributed by atoms with Crippen LogP contribution >= 0.6 is 22.7 Å². The molecule has 0 saturated heterocycles. The Morgan fingerprint density at radius 2 is 1.85 bits per heavy atom. The average Bonchev–Trinajstić information content (AvgIpc) is 3.10. The number of hydrogen-bond acceptors (Lipinski definition) is 4. The topological polar surface area (TPSA) is 15.3 Å². The van der Waals surface area contributed by atoms with Crippen LogP contribution in [0.3, 0.4) is 0 Å². The highest BCUT2D eigenvalue weighted by molar-refractivity contribution is 7.12. The zero-order chi connectivity index (χ0) is 14.2. The van der Waals surface area contributed by atoms with Crippen LogP contribution in [0, 0.1) is 0 Å². The highest BCUT2D eigenvalue weighted by atomic mass is 32.1. The predicted octanol–water partition coefficient (Wildman–Crippen LogP) is 4.33. The molecule has 0 aromatic carbocycles. The molecule has 0 radical (unpaired) electrons. The van der Waals surface area contributed by atoms with E-state index in [1.807, 2.05) is 22.7 Å². The first-order chi connectivity index (χ1) is 9.81. The fourth-order valence-corrected chi connectivity index (χ4v) is 3.89. The van der Waals surface area contributed by atoms with Crippen LogP contribution in [0.2, 0.25) is 0 Å². The zero-order valence-corrected chi connectivity index (χ0v) is 14.0. The molecule has 0 fully saturated rings. The van der Waals surface area contributed by atoms with Crippen molar-refractivity contribution >= 4 is 22.7 Å². The van der Waals surface area contributed by atoms with Crippen LogP contribution in [0.4, 0.5) is 0 Å². The minimum atomic E-state index is 1.01. The monoisotopic (exact) mass is 308 g/mol. The van der Waals surface area contributed by atoms with Gasteiger partial charge in [0.25, 0.3) is 0 Å². The van der Waals surface area contributed by atoms with E-state index in [0.717, 1.165) is 32.7 Å². The molecule has 2 rings (SSSR count). The number of nitrogens with zero attached hydrogens (tertiary/aromatic N) is 1. The van der Waals surface area contributed by atoms with Crippen molar-refractivity contribution in [3.63, 3.8) is 0 Å². The van der Waals surface area contributed by atoms with E-state index in [-0.39, 0.29) is 0 Å². The summed E-state index contributed by atoms with van der Waals surface area (Å²) in [4.78, 5) is 6.87. The highest BCUT2D eigenvalue weighted by Crippen LogP contribution is 2.20. The van der Waals surface area contributed by atoms with Gasteiger partial charge >= 0.3 is 0 Å². The van der Waals surface area contributed by atoms with E-state index in [1.54, 1.807) is 0 Å². The third-order valence-electron chi connectivity index (χ3n) is 3.23.